The highest BCUT2D eigenvalue weighted by atomic mass is 16.6. The summed E-state index contributed by atoms with van der Waals surface area (Å²) in [6.45, 7) is 9.78. The number of carbonyl (C=O) groups is 4. The minimum absolute atomic E-state index is 0.119. The molecular formula is C21H26O7. The molecule has 5 atom stereocenters. The number of carbonyl (C=O) groups excluding carboxylic acids is 4. The average molecular weight is 390 g/mol. The first kappa shape index (κ1) is 20.3. The van der Waals surface area contributed by atoms with Gasteiger partial charge in [-0.05, 0) is 26.8 Å². The normalized spacial score (nSPS) is 34.5. The zero-order chi connectivity index (χ0) is 21.0. The fourth-order valence-corrected chi connectivity index (χ4v) is 4.56. The van der Waals surface area contributed by atoms with Gasteiger partial charge in [0.25, 0.3) is 0 Å². The quantitative estimate of drug-likeness (QED) is 0.539. The first-order chi connectivity index (χ1) is 13.0. The molecular weight excluding hydrogens is 364 g/mol. The van der Waals surface area contributed by atoms with E-state index in [9.17, 15) is 19.2 Å². The summed E-state index contributed by atoms with van der Waals surface area (Å²) in [7, 11) is 0. The Bertz CT molecular complexity index is 819. The molecule has 7 nitrogen and oxygen atoms in total. The summed E-state index contributed by atoms with van der Waals surface area (Å²) in [6, 6.07) is 0. The second kappa shape index (κ2) is 6.87. The molecule has 3 aliphatic rings. The molecule has 0 unspecified atom stereocenters. The zero-order valence-electron chi connectivity index (χ0n) is 17.0. The van der Waals surface area contributed by atoms with Crippen molar-refractivity contribution in [2.75, 3.05) is 0 Å². The summed E-state index contributed by atoms with van der Waals surface area (Å²) in [5, 5.41) is 0. The van der Waals surface area contributed by atoms with E-state index in [2.05, 4.69) is 0 Å². The molecule has 1 fully saturated rings. The van der Waals surface area contributed by atoms with Crippen LogP contribution in [0.15, 0.2) is 22.8 Å². The first-order valence-electron chi connectivity index (χ1n) is 9.50. The highest BCUT2D eigenvalue weighted by Gasteiger charge is 2.65. The van der Waals surface area contributed by atoms with Gasteiger partial charge in [0, 0.05) is 24.8 Å². The predicted octanol–water partition coefficient (Wildman–Crippen LogP) is 2.28. The highest BCUT2D eigenvalue weighted by molar-refractivity contribution is 6.09. The molecule has 0 aromatic heterocycles. The third kappa shape index (κ3) is 3.06. The monoisotopic (exact) mass is 390 g/mol. The van der Waals surface area contributed by atoms with Gasteiger partial charge in [-0.15, -0.1) is 0 Å². The van der Waals surface area contributed by atoms with Crippen LogP contribution >= 0.6 is 0 Å². The van der Waals surface area contributed by atoms with Crippen molar-refractivity contribution >= 4 is 23.7 Å². The number of hydrogen-bond donors (Lipinski definition) is 0. The second-order valence-electron chi connectivity index (χ2n) is 8.35. The molecule has 1 heterocycles. The van der Waals surface area contributed by atoms with Crippen LogP contribution < -0.4 is 0 Å². The van der Waals surface area contributed by atoms with Crippen LogP contribution in [0.1, 0.15) is 48.0 Å². The van der Waals surface area contributed by atoms with Crippen LogP contribution in [-0.4, -0.2) is 41.5 Å². The lowest BCUT2D eigenvalue weighted by molar-refractivity contribution is -0.181. The van der Waals surface area contributed by atoms with Crippen molar-refractivity contribution < 1.29 is 33.4 Å². The van der Waals surface area contributed by atoms with E-state index in [1.165, 1.54) is 13.8 Å². The zero-order valence-corrected chi connectivity index (χ0v) is 17.0. The summed E-state index contributed by atoms with van der Waals surface area (Å²) in [6.07, 6.45) is 0.316. The fourth-order valence-electron chi connectivity index (χ4n) is 4.56. The van der Waals surface area contributed by atoms with Gasteiger partial charge >= 0.3 is 17.9 Å². The molecule has 0 aromatic carbocycles. The maximum absolute atomic E-state index is 12.9. The molecule has 7 heteroatoms. The number of allylic oxidation sites excluding steroid dienone is 1. The Hall–Kier alpha value is -2.44. The van der Waals surface area contributed by atoms with Gasteiger partial charge in [0.15, 0.2) is 5.78 Å². The van der Waals surface area contributed by atoms with Crippen molar-refractivity contribution in [3.8, 4) is 0 Å². The van der Waals surface area contributed by atoms with Gasteiger partial charge in [-0.25, -0.2) is 4.79 Å². The standard InChI is InChI=1S/C21H26O7/c1-9(2)19(24)28-21(6)17-14(26-12(5)22)8-11(4)15-13(23)7-10(3)16(15)18(17)27-20(21)25/h7,9,14,16-18H,8H2,1-6H3/t14-,16+,17+,18-,21-/m0/s1. The molecule has 2 aliphatic carbocycles. The van der Waals surface area contributed by atoms with E-state index in [0.29, 0.717) is 5.57 Å². The van der Waals surface area contributed by atoms with Gasteiger partial charge < -0.3 is 14.2 Å². The van der Waals surface area contributed by atoms with Gasteiger partial charge in [0.05, 0.1) is 11.8 Å². The molecule has 3 rings (SSSR count). The van der Waals surface area contributed by atoms with E-state index in [1.54, 1.807) is 19.9 Å². The van der Waals surface area contributed by atoms with Gasteiger partial charge in [0.2, 0.25) is 5.60 Å². The van der Waals surface area contributed by atoms with E-state index in [1.807, 2.05) is 13.8 Å². The van der Waals surface area contributed by atoms with E-state index in [-0.39, 0.29) is 12.2 Å². The smallest absolute Gasteiger partial charge is 0.351 e. The van der Waals surface area contributed by atoms with Crippen molar-refractivity contribution in [2.24, 2.45) is 17.8 Å². The largest absolute Gasteiger partial charge is 0.462 e. The molecule has 28 heavy (non-hydrogen) atoms. The Morgan fingerprint density at radius 3 is 2.46 bits per heavy atom. The third-order valence-corrected chi connectivity index (χ3v) is 5.86. The van der Waals surface area contributed by atoms with Crippen molar-refractivity contribution in [2.45, 2.75) is 65.8 Å². The number of ketones is 1. The molecule has 0 radical (unpaired) electrons. The van der Waals surface area contributed by atoms with Crippen LogP contribution in [0.4, 0.5) is 0 Å². The number of hydrogen-bond acceptors (Lipinski definition) is 7. The Morgan fingerprint density at radius 1 is 1.25 bits per heavy atom. The Kier molecular flexibility index (Phi) is 4.98. The lowest BCUT2D eigenvalue weighted by Crippen LogP contribution is -2.51. The summed E-state index contributed by atoms with van der Waals surface area (Å²) in [4.78, 5) is 49.5. The van der Waals surface area contributed by atoms with Gasteiger partial charge in [-0.1, -0.05) is 25.0 Å². The Balaban J connectivity index is 2.11. The Labute approximate surface area is 164 Å². The number of fused-ring (bicyclic) bond motifs is 3. The topological polar surface area (TPSA) is 96.0 Å². The molecule has 0 N–H and O–H groups in total. The average Bonchev–Trinajstić information content (AvgIpc) is 2.94. The van der Waals surface area contributed by atoms with Crippen LogP contribution in [0.25, 0.3) is 0 Å². The lowest BCUT2D eigenvalue weighted by atomic mass is 9.77. The number of ether oxygens (including phenoxy) is 3. The third-order valence-electron chi connectivity index (χ3n) is 5.86. The lowest BCUT2D eigenvalue weighted by Gasteiger charge is -2.34. The SMILES string of the molecule is CC(=O)O[C@H]1CC(C)=C2C(=O)C=C(C)[C@H]2[C@@H]2OC(=O)[C@@](C)(OC(=O)C(C)C)[C@@H]21. The minimum Gasteiger partial charge on any atom is -0.462 e. The number of esters is 3. The van der Waals surface area contributed by atoms with Crippen LogP contribution in [0.5, 0.6) is 0 Å². The highest BCUT2D eigenvalue weighted by Crippen LogP contribution is 2.51. The van der Waals surface area contributed by atoms with Crippen molar-refractivity contribution in [1.29, 1.82) is 0 Å². The van der Waals surface area contributed by atoms with Crippen molar-refractivity contribution in [3.05, 3.63) is 22.8 Å². The maximum atomic E-state index is 12.9. The maximum Gasteiger partial charge on any atom is 0.351 e. The van der Waals surface area contributed by atoms with Gasteiger partial charge in [-0.2, -0.15) is 0 Å². The van der Waals surface area contributed by atoms with E-state index in [0.717, 1.165) is 11.1 Å². The van der Waals surface area contributed by atoms with Crippen molar-refractivity contribution in [1.82, 2.24) is 0 Å². The molecule has 0 saturated carbocycles. The van der Waals surface area contributed by atoms with E-state index in [4.69, 9.17) is 14.2 Å². The van der Waals surface area contributed by atoms with Crippen molar-refractivity contribution in [3.63, 3.8) is 0 Å². The van der Waals surface area contributed by atoms with Crippen LogP contribution in [0.3, 0.4) is 0 Å². The molecule has 1 saturated heterocycles. The molecule has 0 aromatic rings. The van der Waals surface area contributed by atoms with Gasteiger partial charge in [0.1, 0.15) is 12.2 Å². The number of rotatable bonds is 3. The van der Waals surface area contributed by atoms with Crippen LogP contribution in [-0.2, 0) is 33.4 Å². The predicted molar refractivity (Wildman–Crippen MR) is 97.8 cm³/mol. The molecule has 152 valence electrons. The fraction of sp³-hybridized carbons (Fsp3) is 0.619. The van der Waals surface area contributed by atoms with Gasteiger partial charge in [-0.3, -0.25) is 14.4 Å². The molecule has 1 aliphatic heterocycles. The minimum atomic E-state index is -1.60. The molecule has 0 bridgehead atoms. The first-order valence-corrected chi connectivity index (χ1v) is 9.50. The van der Waals surface area contributed by atoms with Crippen LogP contribution in [0, 0.1) is 17.8 Å². The Morgan fingerprint density at radius 2 is 1.89 bits per heavy atom. The summed E-state index contributed by atoms with van der Waals surface area (Å²) in [5.74, 6) is -3.44. The van der Waals surface area contributed by atoms with Crippen LogP contribution in [0.2, 0.25) is 0 Å². The summed E-state index contributed by atoms with van der Waals surface area (Å²) < 4.78 is 16.9. The summed E-state index contributed by atoms with van der Waals surface area (Å²) >= 11 is 0. The van der Waals surface area contributed by atoms with E-state index < -0.39 is 53.5 Å². The molecule has 0 spiro atoms. The molecule has 0 amide bonds. The second-order valence-corrected chi connectivity index (χ2v) is 8.35. The van der Waals surface area contributed by atoms with E-state index >= 15 is 0 Å². The summed E-state index contributed by atoms with van der Waals surface area (Å²) in [5.41, 5.74) is 0.546.